The summed E-state index contributed by atoms with van der Waals surface area (Å²) < 4.78 is 5.63. The monoisotopic (exact) mass is 450 g/mol. The Bertz CT molecular complexity index is 825. The summed E-state index contributed by atoms with van der Waals surface area (Å²) in [7, 11) is 0. The van der Waals surface area contributed by atoms with Gasteiger partial charge in [-0.1, -0.05) is 61.3 Å². The van der Waals surface area contributed by atoms with Crippen LogP contribution in [-0.2, 0) is 16.1 Å². The van der Waals surface area contributed by atoms with E-state index in [0.717, 1.165) is 6.42 Å². The van der Waals surface area contributed by atoms with Crippen LogP contribution in [0.1, 0.15) is 39.2 Å². The SMILES string of the molecule is CC[C@@H](C)NC(=O)[C@H](CC)N(Cc1c(Cl)cccc1Cl)C(=O)COc1ccccc1. The first-order valence-corrected chi connectivity index (χ1v) is 10.8. The number of nitrogens with zero attached hydrogens (tertiary/aromatic N) is 1. The quantitative estimate of drug-likeness (QED) is 0.547. The number of hydrogen-bond acceptors (Lipinski definition) is 3. The van der Waals surface area contributed by atoms with Crippen LogP contribution in [0.15, 0.2) is 48.5 Å². The highest BCUT2D eigenvalue weighted by Gasteiger charge is 2.30. The number of hydrogen-bond donors (Lipinski definition) is 1. The van der Waals surface area contributed by atoms with Gasteiger partial charge in [-0.2, -0.15) is 0 Å². The fraction of sp³-hybridized carbons (Fsp3) is 0.391. The highest BCUT2D eigenvalue weighted by Crippen LogP contribution is 2.27. The Morgan fingerprint density at radius 1 is 1.00 bits per heavy atom. The van der Waals surface area contributed by atoms with Crippen LogP contribution in [0.25, 0.3) is 0 Å². The molecule has 0 fully saturated rings. The van der Waals surface area contributed by atoms with Gasteiger partial charge in [0.2, 0.25) is 5.91 Å². The van der Waals surface area contributed by atoms with E-state index in [9.17, 15) is 9.59 Å². The molecule has 2 aromatic rings. The van der Waals surface area contributed by atoms with Crippen LogP contribution in [0.5, 0.6) is 5.75 Å². The summed E-state index contributed by atoms with van der Waals surface area (Å²) >= 11 is 12.7. The number of benzene rings is 2. The van der Waals surface area contributed by atoms with E-state index < -0.39 is 6.04 Å². The highest BCUT2D eigenvalue weighted by atomic mass is 35.5. The van der Waals surface area contributed by atoms with E-state index in [1.165, 1.54) is 4.90 Å². The molecular weight excluding hydrogens is 423 g/mol. The van der Waals surface area contributed by atoms with Crippen molar-refractivity contribution in [3.05, 3.63) is 64.1 Å². The minimum atomic E-state index is -0.668. The standard InChI is InChI=1S/C23H28Cl2N2O3/c1-4-16(3)26-23(29)21(5-2)27(14-18-19(24)12-9-13-20(18)25)22(28)15-30-17-10-7-6-8-11-17/h6-13,16,21H,4-5,14-15H2,1-3H3,(H,26,29)/t16-,21+/m1/s1. The second-order valence-corrected chi connectivity index (χ2v) is 7.88. The molecule has 2 rings (SSSR count). The lowest BCUT2D eigenvalue weighted by Crippen LogP contribution is -2.51. The van der Waals surface area contributed by atoms with E-state index in [1.54, 1.807) is 30.3 Å². The average molecular weight is 451 g/mol. The predicted molar refractivity (Wildman–Crippen MR) is 121 cm³/mol. The number of halogens is 2. The van der Waals surface area contributed by atoms with Crippen LogP contribution >= 0.6 is 23.2 Å². The fourth-order valence-electron chi connectivity index (χ4n) is 2.96. The van der Waals surface area contributed by atoms with Gasteiger partial charge in [0.25, 0.3) is 5.91 Å². The van der Waals surface area contributed by atoms with E-state index in [0.29, 0.717) is 27.8 Å². The minimum absolute atomic E-state index is 0.00738. The normalized spacial score (nSPS) is 12.7. The lowest BCUT2D eigenvalue weighted by molar-refractivity contribution is -0.143. The molecule has 30 heavy (non-hydrogen) atoms. The zero-order valence-electron chi connectivity index (χ0n) is 17.5. The second kappa shape index (κ2) is 11.8. The Morgan fingerprint density at radius 2 is 1.63 bits per heavy atom. The van der Waals surface area contributed by atoms with Crippen molar-refractivity contribution in [1.82, 2.24) is 10.2 Å². The van der Waals surface area contributed by atoms with Crippen molar-refractivity contribution in [2.24, 2.45) is 0 Å². The number of para-hydroxylation sites is 1. The third kappa shape index (κ3) is 6.64. The predicted octanol–water partition coefficient (Wildman–Crippen LogP) is 5.09. The van der Waals surface area contributed by atoms with E-state index >= 15 is 0 Å². The van der Waals surface area contributed by atoms with Crippen molar-refractivity contribution in [3.63, 3.8) is 0 Å². The average Bonchev–Trinajstić information content (AvgIpc) is 2.74. The second-order valence-electron chi connectivity index (χ2n) is 7.07. The summed E-state index contributed by atoms with van der Waals surface area (Å²) in [5.41, 5.74) is 0.601. The maximum absolute atomic E-state index is 13.1. The highest BCUT2D eigenvalue weighted by molar-refractivity contribution is 6.36. The number of ether oxygens (including phenoxy) is 1. The number of carbonyl (C=O) groups is 2. The van der Waals surface area contributed by atoms with E-state index in [2.05, 4.69) is 5.32 Å². The largest absolute Gasteiger partial charge is 0.484 e. The van der Waals surface area contributed by atoms with Crippen LogP contribution in [0.2, 0.25) is 10.0 Å². The zero-order valence-corrected chi connectivity index (χ0v) is 19.0. The number of carbonyl (C=O) groups excluding carboxylic acids is 2. The van der Waals surface area contributed by atoms with Gasteiger partial charge in [-0.05, 0) is 44.0 Å². The van der Waals surface area contributed by atoms with Gasteiger partial charge in [0.05, 0.1) is 0 Å². The van der Waals surface area contributed by atoms with Crippen molar-refractivity contribution in [2.75, 3.05) is 6.61 Å². The molecule has 0 spiro atoms. The molecule has 0 saturated carbocycles. The Balaban J connectivity index is 2.27. The molecule has 2 amide bonds. The molecule has 2 atom stereocenters. The molecule has 0 heterocycles. The molecule has 0 aromatic heterocycles. The molecular formula is C23H28Cl2N2O3. The van der Waals surface area contributed by atoms with Crippen molar-refractivity contribution >= 4 is 35.0 Å². The first-order chi connectivity index (χ1) is 14.4. The van der Waals surface area contributed by atoms with Crippen LogP contribution in [-0.4, -0.2) is 35.4 Å². The van der Waals surface area contributed by atoms with Gasteiger partial charge in [-0.25, -0.2) is 0 Å². The maximum Gasteiger partial charge on any atom is 0.261 e. The maximum atomic E-state index is 13.1. The van der Waals surface area contributed by atoms with Crippen molar-refractivity contribution in [2.45, 2.75) is 52.2 Å². The first kappa shape index (κ1) is 24.0. The number of nitrogens with one attached hydrogen (secondary N) is 1. The molecule has 2 aromatic carbocycles. The smallest absolute Gasteiger partial charge is 0.261 e. The van der Waals surface area contributed by atoms with E-state index in [1.807, 2.05) is 39.0 Å². The van der Waals surface area contributed by atoms with Gasteiger partial charge in [-0.15, -0.1) is 0 Å². The molecule has 0 aliphatic heterocycles. The van der Waals surface area contributed by atoms with Crippen LogP contribution in [0.4, 0.5) is 0 Å². The van der Waals surface area contributed by atoms with E-state index in [-0.39, 0.29) is 31.0 Å². The Kier molecular flexibility index (Phi) is 9.47. The minimum Gasteiger partial charge on any atom is -0.484 e. The summed E-state index contributed by atoms with van der Waals surface area (Å²) in [5.74, 6) is 0.0581. The Hall–Kier alpha value is -2.24. The third-order valence-electron chi connectivity index (χ3n) is 4.88. The van der Waals surface area contributed by atoms with Crippen LogP contribution < -0.4 is 10.1 Å². The Labute approximate surface area is 188 Å². The first-order valence-electron chi connectivity index (χ1n) is 10.1. The van der Waals surface area contributed by atoms with E-state index in [4.69, 9.17) is 27.9 Å². The summed E-state index contributed by atoms with van der Waals surface area (Å²) in [6.45, 7) is 5.71. The van der Waals surface area contributed by atoms with Crippen molar-refractivity contribution < 1.29 is 14.3 Å². The lowest BCUT2D eigenvalue weighted by atomic mass is 10.1. The lowest BCUT2D eigenvalue weighted by Gasteiger charge is -2.31. The fourth-order valence-corrected chi connectivity index (χ4v) is 3.48. The van der Waals surface area contributed by atoms with Crippen molar-refractivity contribution in [1.29, 1.82) is 0 Å². The van der Waals surface area contributed by atoms with Crippen LogP contribution in [0.3, 0.4) is 0 Å². The molecule has 0 unspecified atom stereocenters. The molecule has 0 bridgehead atoms. The van der Waals surface area contributed by atoms with Gasteiger partial charge >= 0.3 is 0 Å². The van der Waals surface area contributed by atoms with Crippen LogP contribution in [0, 0.1) is 0 Å². The molecule has 162 valence electrons. The summed E-state index contributed by atoms with van der Waals surface area (Å²) in [6.07, 6.45) is 1.24. The van der Waals surface area contributed by atoms with Gasteiger partial charge in [0.1, 0.15) is 11.8 Å². The summed E-state index contributed by atoms with van der Waals surface area (Å²) in [6, 6.07) is 13.6. The van der Waals surface area contributed by atoms with Crippen molar-refractivity contribution in [3.8, 4) is 5.75 Å². The Morgan fingerprint density at radius 3 is 2.20 bits per heavy atom. The third-order valence-corrected chi connectivity index (χ3v) is 5.59. The molecule has 5 nitrogen and oxygen atoms in total. The number of amides is 2. The topological polar surface area (TPSA) is 58.6 Å². The molecule has 0 saturated heterocycles. The van der Waals surface area contributed by atoms with Gasteiger partial charge < -0.3 is 15.0 Å². The summed E-state index contributed by atoms with van der Waals surface area (Å²) in [4.78, 5) is 27.5. The molecule has 7 heteroatoms. The zero-order chi connectivity index (χ0) is 22.1. The number of rotatable bonds is 10. The van der Waals surface area contributed by atoms with Gasteiger partial charge in [0, 0.05) is 28.2 Å². The van der Waals surface area contributed by atoms with Gasteiger partial charge in [0.15, 0.2) is 6.61 Å². The molecule has 0 aliphatic rings. The molecule has 1 N–H and O–H groups in total. The molecule has 0 radical (unpaired) electrons. The summed E-state index contributed by atoms with van der Waals surface area (Å²) in [5, 5.41) is 3.86. The van der Waals surface area contributed by atoms with Gasteiger partial charge in [-0.3, -0.25) is 9.59 Å². The molecule has 0 aliphatic carbocycles.